The van der Waals surface area contributed by atoms with Gasteiger partial charge < -0.3 is 4.90 Å². The molecule has 0 saturated heterocycles. The van der Waals surface area contributed by atoms with Gasteiger partial charge in [-0.2, -0.15) is 0 Å². The van der Waals surface area contributed by atoms with E-state index in [0.29, 0.717) is 16.7 Å². The van der Waals surface area contributed by atoms with Gasteiger partial charge >= 0.3 is 5.69 Å². The second-order valence-corrected chi connectivity index (χ2v) is 6.80. The van der Waals surface area contributed by atoms with E-state index in [4.69, 9.17) is 0 Å². The van der Waals surface area contributed by atoms with Crippen molar-refractivity contribution in [2.24, 2.45) is 7.05 Å². The molecule has 0 radical (unpaired) electrons. The summed E-state index contributed by atoms with van der Waals surface area (Å²) in [6.07, 6.45) is 0. The van der Waals surface area contributed by atoms with Crippen LogP contribution in [-0.2, 0) is 18.4 Å². The van der Waals surface area contributed by atoms with Gasteiger partial charge in [-0.3, -0.25) is 18.7 Å². The number of nitrogens with zero attached hydrogens (tertiary/aromatic N) is 4. The van der Waals surface area contributed by atoms with Gasteiger partial charge in [-0.05, 0) is 50.1 Å². The van der Waals surface area contributed by atoms with Crippen LogP contribution in [0.1, 0.15) is 16.8 Å². The molecule has 0 fully saturated rings. The van der Waals surface area contributed by atoms with Crippen LogP contribution in [-0.4, -0.2) is 27.1 Å². The Balaban J connectivity index is 2.09. The van der Waals surface area contributed by atoms with Gasteiger partial charge in [0.25, 0.3) is 5.56 Å². The minimum Gasteiger partial charge on any atom is -0.314 e. The van der Waals surface area contributed by atoms with Crippen LogP contribution in [0.3, 0.4) is 0 Å². The number of aromatic nitrogens is 3. The van der Waals surface area contributed by atoms with Crippen LogP contribution in [0, 0.1) is 20.8 Å². The number of carbonyl (C=O) groups excluding carboxylic acids is 1. The Bertz CT molecular complexity index is 1170. The van der Waals surface area contributed by atoms with Crippen molar-refractivity contribution < 1.29 is 4.79 Å². The number of pyridine rings is 1. The van der Waals surface area contributed by atoms with Gasteiger partial charge in [0, 0.05) is 25.5 Å². The highest BCUT2D eigenvalue weighted by Crippen LogP contribution is 2.15. The maximum absolute atomic E-state index is 12.9. The van der Waals surface area contributed by atoms with E-state index in [1.165, 1.54) is 9.47 Å². The quantitative estimate of drug-likeness (QED) is 0.707. The number of hydrogen-bond acceptors (Lipinski definition) is 4. The summed E-state index contributed by atoms with van der Waals surface area (Å²) in [5.74, 6) is -0.350. The van der Waals surface area contributed by atoms with E-state index in [2.05, 4.69) is 4.98 Å². The lowest BCUT2D eigenvalue weighted by atomic mass is 10.2. The second kappa shape index (κ2) is 6.83. The molecule has 0 bridgehead atoms. The standard InChI is InChI=1S/C20H22N4O3/c1-12-7-6-8-15(9-12)22(4)16(25)11-24-19(26)17-13(2)10-14(3)21-18(17)23(5)20(24)27/h6-10H,11H2,1-5H3. The van der Waals surface area contributed by atoms with Gasteiger partial charge in [-0.1, -0.05) is 12.1 Å². The number of likely N-dealkylation sites (N-methyl/N-ethyl adjacent to an activating group) is 1. The highest BCUT2D eigenvalue weighted by molar-refractivity contribution is 5.92. The number of fused-ring (bicyclic) bond motifs is 1. The lowest BCUT2D eigenvalue weighted by Gasteiger charge is -2.19. The predicted molar refractivity (Wildman–Crippen MR) is 105 cm³/mol. The molecule has 0 aliphatic carbocycles. The molecule has 0 spiro atoms. The topological polar surface area (TPSA) is 77.2 Å². The van der Waals surface area contributed by atoms with Crippen LogP contribution in [0.2, 0.25) is 0 Å². The monoisotopic (exact) mass is 366 g/mol. The summed E-state index contributed by atoms with van der Waals surface area (Å²) in [6, 6.07) is 9.26. The summed E-state index contributed by atoms with van der Waals surface area (Å²) in [6.45, 7) is 5.21. The SMILES string of the molecule is Cc1cccc(N(C)C(=O)Cn2c(=O)c3c(C)cc(C)nc3n(C)c2=O)c1. The molecule has 0 atom stereocenters. The predicted octanol–water partition coefficient (Wildman–Crippen LogP) is 1.68. The number of hydrogen-bond donors (Lipinski definition) is 0. The van der Waals surface area contributed by atoms with Gasteiger partial charge in [0.15, 0.2) is 0 Å². The zero-order valence-electron chi connectivity index (χ0n) is 16.1. The highest BCUT2D eigenvalue weighted by Gasteiger charge is 2.19. The Kier molecular flexibility index (Phi) is 4.70. The Hall–Kier alpha value is -3.22. The number of aryl methyl sites for hydroxylation is 4. The van der Waals surface area contributed by atoms with Gasteiger partial charge in [-0.25, -0.2) is 9.78 Å². The summed E-state index contributed by atoms with van der Waals surface area (Å²) in [5.41, 5.74) is 2.45. The second-order valence-electron chi connectivity index (χ2n) is 6.80. The molecule has 3 rings (SSSR count). The fourth-order valence-electron chi connectivity index (χ4n) is 3.18. The molecule has 27 heavy (non-hydrogen) atoms. The maximum atomic E-state index is 12.9. The molecule has 1 aromatic carbocycles. The number of anilines is 1. The summed E-state index contributed by atoms with van der Waals surface area (Å²) in [4.78, 5) is 44.1. The number of rotatable bonds is 3. The van der Waals surface area contributed by atoms with Crippen molar-refractivity contribution >= 4 is 22.6 Å². The molecule has 2 heterocycles. The average Bonchev–Trinajstić information content (AvgIpc) is 2.62. The van der Waals surface area contributed by atoms with E-state index >= 15 is 0 Å². The van der Waals surface area contributed by atoms with Crippen molar-refractivity contribution in [2.75, 3.05) is 11.9 Å². The molecule has 0 saturated carbocycles. The Morgan fingerprint density at radius 2 is 1.85 bits per heavy atom. The first-order valence-corrected chi connectivity index (χ1v) is 8.61. The van der Waals surface area contributed by atoms with Crippen molar-refractivity contribution in [2.45, 2.75) is 27.3 Å². The largest absolute Gasteiger partial charge is 0.332 e. The zero-order valence-corrected chi connectivity index (χ0v) is 16.1. The van der Waals surface area contributed by atoms with Gasteiger partial charge in [0.2, 0.25) is 5.91 Å². The van der Waals surface area contributed by atoms with Crippen molar-refractivity contribution in [3.05, 3.63) is 68.0 Å². The zero-order chi connectivity index (χ0) is 19.9. The van der Waals surface area contributed by atoms with E-state index in [-0.39, 0.29) is 12.5 Å². The molecule has 7 nitrogen and oxygen atoms in total. The molecule has 3 aromatic rings. The van der Waals surface area contributed by atoms with Crippen molar-refractivity contribution in [1.82, 2.24) is 14.1 Å². The van der Waals surface area contributed by atoms with Crippen LogP contribution in [0.5, 0.6) is 0 Å². The first-order valence-electron chi connectivity index (χ1n) is 8.61. The minimum absolute atomic E-state index is 0.332. The molecule has 0 aliphatic rings. The Labute approximate surface area is 156 Å². The molecule has 0 N–H and O–H groups in total. The third kappa shape index (κ3) is 3.28. The van der Waals surface area contributed by atoms with Crippen LogP contribution in [0.4, 0.5) is 5.69 Å². The van der Waals surface area contributed by atoms with E-state index < -0.39 is 11.2 Å². The fourth-order valence-corrected chi connectivity index (χ4v) is 3.18. The highest BCUT2D eigenvalue weighted by atomic mass is 16.2. The third-order valence-corrected chi connectivity index (χ3v) is 4.68. The van der Waals surface area contributed by atoms with E-state index in [0.717, 1.165) is 21.4 Å². The number of carbonyl (C=O) groups is 1. The van der Waals surface area contributed by atoms with Crippen LogP contribution in [0.15, 0.2) is 39.9 Å². The van der Waals surface area contributed by atoms with Crippen LogP contribution >= 0.6 is 0 Å². The van der Waals surface area contributed by atoms with Crippen LogP contribution < -0.4 is 16.1 Å². The molecule has 7 heteroatoms. The molecular formula is C20H22N4O3. The number of benzene rings is 1. The fraction of sp³-hybridized carbons (Fsp3) is 0.300. The van der Waals surface area contributed by atoms with Gasteiger partial charge in [0.05, 0.1) is 5.39 Å². The van der Waals surface area contributed by atoms with Crippen molar-refractivity contribution in [3.63, 3.8) is 0 Å². The third-order valence-electron chi connectivity index (χ3n) is 4.68. The maximum Gasteiger partial charge on any atom is 0.332 e. The lowest BCUT2D eigenvalue weighted by molar-refractivity contribution is -0.119. The van der Waals surface area contributed by atoms with Crippen molar-refractivity contribution in [3.8, 4) is 0 Å². The van der Waals surface area contributed by atoms with E-state index in [9.17, 15) is 14.4 Å². The smallest absolute Gasteiger partial charge is 0.314 e. The van der Waals surface area contributed by atoms with Gasteiger partial charge in [0.1, 0.15) is 12.2 Å². The van der Waals surface area contributed by atoms with Crippen LogP contribution in [0.25, 0.3) is 11.0 Å². The summed E-state index contributed by atoms with van der Waals surface area (Å²) >= 11 is 0. The summed E-state index contributed by atoms with van der Waals surface area (Å²) in [5, 5.41) is 0.355. The summed E-state index contributed by atoms with van der Waals surface area (Å²) < 4.78 is 2.29. The molecule has 0 aliphatic heterocycles. The molecular weight excluding hydrogens is 344 g/mol. The van der Waals surface area contributed by atoms with E-state index in [1.807, 2.05) is 38.1 Å². The first kappa shape index (κ1) is 18.6. The molecule has 1 amide bonds. The average molecular weight is 366 g/mol. The van der Waals surface area contributed by atoms with Gasteiger partial charge in [-0.15, -0.1) is 0 Å². The Morgan fingerprint density at radius 3 is 2.52 bits per heavy atom. The number of amides is 1. The Morgan fingerprint density at radius 1 is 1.15 bits per heavy atom. The van der Waals surface area contributed by atoms with E-state index in [1.54, 1.807) is 27.1 Å². The summed E-state index contributed by atoms with van der Waals surface area (Å²) in [7, 11) is 3.19. The molecule has 0 unspecified atom stereocenters. The normalized spacial score (nSPS) is 11.0. The molecule has 2 aromatic heterocycles. The first-order chi connectivity index (χ1) is 12.7. The lowest BCUT2D eigenvalue weighted by Crippen LogP contribution is -2.44. The molecule has 140 valence electrons. The minimum atomic E-state index is -0.559. The van der Waals surface area contributed by atoms with Crippen molar-refractivity contribution in [1.29, 1.82) is 0 Å².